The third-order valence-corrected chi connectivity index (χ3v) is 6.62. The van der Waals surface area contributed by atoms with Crippen LogP contribution in [0.1, 0.15) is 16.7 Å². The van der Waals surface area contributed by atoms with E-state index in [1.54, 1.807) is 12.1 Å². The molecule has 4 rings (SSSR count). The number of hydrogen-bond acceptors (Lipinski definition) is 3. The molecule has 5 heteroatoms. The minimum atomic E-state index is -4.02. The first kappa shape index (κ1) is 23.8. The Morgan fingerprint density at radius 3 is 1.69 bits per heavy atom. The summed E-state index contributed by atoms with van der Waals surface area (Å²) in [6, 6.07) is 29.2. The van der Waals surface area contributed by atoms with Gasteiger partial charge in [0.2, 0.25) is 0 Å². The Balaban J connectivity index is 0.000000222. The van der Waals surface area contributed by atoms with Crippen LogP contribution < -0.4 is 0 Å². The standard InChI is InChI=1S/C20H18S.C7H8O3S/c1-14-18(16-9-5-3-6-10-16)13-19(21)15(2)20(14)17-11-7-4-8-12-17;1-6-2-4-7(5-3-6)11(8,9)10/h3-13,21H,1-2H3;2-5H,1H3,(H,8,9,10). The van der Waals surface area contributed by atoms with Crippen LogP contribution in [0, 0.1) is 20.8 Å². The molecule has 0 saturated heterocycles. The van der Waals surface area contributed by atoms with Gasteiger partial charge in [0.25, 0.3) is 10.1 Å². The molecule has 0 aliphatic carbocycles. The summed E-state index contributed by atoms with van der Waals surface area (Å²) in [7, 11) is -4.02. The zero-order valence-electron chi connectivity index (χ0n) is 18.3. The summed E-state index contributed by atoms with van der Waals surface area (Å²) in [5.41, 5.74) is 8.54. The van der Waals surface area contributed by atoms with Gasteiger partial charge in [-0.15, -0.1) is 12.6 Å². The van der Waals surface area contributed by atoms with Crippen molar-refractivity contribution in [2.24, 2.45) is 0 Å². The lowest BCUT2D eigenvalue weighted by molar-refractivity contribution is 0.483. The van der Waals surface area contributed by atoms with Crippen LogP contribution >= 0.6 is 12.6 Å². The third kappa shape index (κ3) is 5.68. The van der Waals surface area contributed by atoms with Gasteiger partial charge in [-0.25, -0.2) is 0 Å². The molecule has 0 aliphatic heterocycles. The van der Waals surface area contributed by atoms with Gasteiger partial charge in [-0.05, 0) is 72.4 Å². The quantitative estimate of drug-likeness (QED) is 0.251. The van der Waals surface area contributed by atoms with Crippen molar-refractivity contribution in [2.75, 3.05) is 0 Å². The zero-order chi connectivity index (χ0) is 23.3. The Kier molecular flexibility index (Phi) is 7.56. The average Bonchev–Trinajstić information content (AvgIpc) is 2.78. The van der Waals surface area contributed by atoms with Crippen molar-refractivity contribution < 1.29 is 13.0 Å². The van der Waals surface area contributed by atoms with E-state index in [-0.39, 0.29) is 4.90 Å². The van der Waals surface area contributed by atoms with E-state index < -0.39 is 10.1 Å². The lowest BCUT2D eigenvalue weighted by Gasteiger charge is -2.17. The van der Waals surface area contributed by atoms with Crippen LogP contribution in [0.3, 0.4) is 0 Å². The minimum Gasteiger partial charge on any atom is -0.282 e. The van der Waals surface area contributed by atoms with Crippen LogP contribution in [-0.4, -0.2) is 13.0 Å². The molecule has 4 aromatic rings. The summed E-state index contributed by atoms with van der Waals surface area (Å²) in [5, 5.41) is 0. The third-order valence-electron chi connectivity index (χ3n) is 5.29. The second-order valence-electron chi connectivity index (χ2n) is 7.59. The summed E-state index contributed by atoms with van der Waals surface area (Å²) in [5.74, 6) is 0. The largest absolute Gasteiger partial charge is 0.294 e. The molecule has 0 aliphatic rings. The number of thiol groups is 1. The molecule has 3 nitrogen and oxygen atoms in total. The fraction of sp³-hybridized carbons (Fsp3) is 0.111. The highest BCUT2D eigenvalue weighted by Gasteiger charge is 2.13. The average molecular weight is 463 g/mol. The molecule has 0 heterocycles. The monoisotopic (exact) mass is 462 g/mol. The van der Waals surface area contributed by atoms with Gasteiger partial charge in [0.05, 0.1) is 4.90 Å². The molecule has 164 valence electrons. The number of aryl methyl sites for hydroxylation is 1. The smallest absolute Gasteiger partial charge is 0.282 e. The Labute approximate surface area is 195 Å². The van der Waals surface area contributed by atoms with E-state index in [2.05, 4.69) is 87.1 Å². The summed E-state index contributed by atoms with van der Waals surface area (Å²) < 4.78 is 29.6. The highest BCUT2D eigenvalue weighted by molar-refractivity contribution is 7.85. The molecule has 0 spiro atoms. The second-order valence-corrected chi connectivity index (χ2v) is 9.49. The maximum Gasteiger partial charge on any atom is 0.294 e. The van der Waals surface area contributed by atoms with E-state index in [0.29, 0.717) is 0 Å². The highest BCUT2D eigenvalue weighted by atomic mass is 32.2. The van der Waals surface area contributed by atoms with E-state index >= 15 is 0 Å². The van der Waals surface area contributed by atoms with Gasteiger partial charge < -0.3 is 0 Å². The number of hydrogen-bond donors (Lipinski definition) is 2. The summed E-state index contributed by atoms with van der Waals surface area (Å²) in [6.45, 7) is 6.19. The van der Waals surface area contributed by atoms with Gasteiger partial charge in [0, 0.05) is 4.90 Å². The van der Waals surface area contributed by atoms with Crippen molar-refractivity contribution in [3.05, 3.63) is 108 Å². The van der Waals surface area contributed by atoms with Crippen molar-refractivity contribution in [2.45, 2.75) is 30.6 Å². The maximum absolute atomic E-state index is 10.5. The molecule has 0 radical (unpaired) electrons. The molecule has 1 N–H and O–H groups in total. The zero-order valence-corrected chi connectivity index (χ0v) is 20.0. The van der Waals surface area contributed by atoms with Crippen molar-refractivity contribution in [3.63, 3.8) is 0 Å². The number of benzene rings is 4. The van der Waals surface area contributed by atoms with Gasteiger partial charge in [0.1, 0.15) is 0 Å². The van der Waals surface area contributed by atoms with Crippen molar-refractivity contribution >= 4 is 22.7 Å². The topological polar surface area (TPSA) is 54.4 Å². The fourth-order valence-electron chi connectivity index (χ4n) is 3.56. The van der Waals surface area contributed by atoms with Crippen LogP contribution in [0.5, 0.6) is 0 Å². The molecule has 0 bridgehead atoms. The predicted molar refractivity (Wildman–Crippen MR) is 135 cm³/mol. The van der Waals surface area contributed by atoms with E-state index in [1.807, 2.05) is 13.0 Å². The highest BCUT2D eigenvalue weighted by Crippen LogP contribution is 2.37. The Hall–Kier alpha value is -2.86. The second kappa shape index (κ2) is 10.2. The van der Waals surface area contributed by atoms with Crippen LogP contribution in [-0.2, 0) is 10.1 Å². The first-order chi connectivity index (χ1) is 15.2. The SMILES string of the molecule is Cc1c(S)cc(-c2ccccc2)c(C)c1-c1ccccc1.Cc1ccc(S(=O)(=O)O)cc1. The molecule has 0 amide bonds. The molecule has 32 heavy (non-hydrogen) atoms. The lowest BCUT2D eigenvalue weighted by atomic mass is 9.89. The van der Waals surface area contributed by atoms with Crippen molar-refractivity contribution in [1.29, 1.82) is 0 Å². The molecular formula is C27H26O3S2. The molecule has 0 atom stereocenters. The molecule has 0 saturated carbocycles. The van der Waals surface area contributed by atoms with Crippen LogP contribution in [0.25, 0.3) is 22.3 Å². The molecule has 0 aromatic heterocycles. The normalized spacial score (nSPS) is 10.9. The van der Waals surface area contributed by atoms with E-state index in [4.69, 9.17) is 4.55 Å². The van der Waals surface area contributed by atoms with Crippen LogP contribution in [0.4, 0.5) is 0 Å². The summed E-state index contributed by atoms with van der Waals surface area (Å²) in [6.07, 6.45) is 0. The number of rotatable bonds is 3. The van der Waals surface area contributed by atoms with Gasteiger partial charge in [-0.3, -0.25) is 4.55 Å². The maximum atomic E-state index is 10.5. The van der Waals surface area contributed by atoms with E-state index in [1.165, 1.54) is 45.5 Å². The molecule has 0 fully saturated rings. The Morgan fingerprint density at radius 2 is 1.19 bits per heavy atom. The van der Waals surface area contributed by atoms with Crippen molar-refractivity contribution in [3.8, 4) is 22.3 Å². The minimum absolute atomic E-state index is 0.0666. The molecule has 0 unspecified atom stereocenters. The van der Waals surface area contributed by atoms with Gasteiger partial charge in [-0.2, -0.15) is 8.42 Å². The van der Waals surface area contributed by atoms with Crippen molar-refractivity contribution in [1.82, 2.24) is 0 Å². The van der Waals surface area contributed by atoms with E-state index in [0.717, 1.165) is 10.5 Å². The fourth-order valence-corrected chi connectivity index (χ4v) is 4.28. The Bertz CT molecular complexity index is 1300. The van der Waals surface area contributed by atoms with Gasteiger partial charge in [-0.1, -0.05) is 78.4 Å². The predicted octanol–water partition coefficient (Wildman–Crippen LogP) is 7.17. The van der Waals surface area contributed by atoms with Gasteiger partial charge >= 0.3 is 0 Å². The molecular weight excluding hydrogens is 436 g/mol. The summed E-state index contributed by atoms with van der Waals surface area (Å²) >= 11 is 4.68. The summed E-state index contributed by atoms with van der Waals surface area (Å²) in [4.78, 5) is 0.974. The van der Waals surface area contributed by atoms with Crippen LogP contribution in [0.2, 0.25) is 0 Å². The van der Waals surface area contributed by atoms with E-state index in [9.17, 15) is 8.42 Å². The Morgan fingerprint density at radius 1 is 0.688 bits per heavy atom. The van der Waals surface area contributed by atoms with Crippen LogP contribution in [0.15, 0.2) is 101 Å². The first-order valence-electron chi connectivity index (χ1n) is 10.2. The first-order valence-corrected chi connectivity index (χ1v) is 12.1. The van der Waals surface area contributed by atoms with Gasteiger partial charge in [0.15, 0.2) is 0 Å². The molecule has 4 aromatic carbocycles. The lowest BCUT2D eigenvalue weighted by Crippen LogP contribution is -1.96.